The second-order valence-corrected chi connectivity index (χ2v) is 6.09. The van der Waals surface area contributed by atoms with Crippen LogP contribution >= 0.6 is 0 Å². The highest BCUT2D eigenvalue weighted by molar-refractivity contribution is 6.08. The van der Waals surface area contributed by atoms with Gasteiger partial charge in [0.15, 0.2) is 17.3 Å². The van der Waals surface area contributed by atoms with Gasteiger partial charge in [0.1, 0.15) is 0 Å². The average Bonchev–Trinajstić information content (AvgIpc) is 2.68. The molecule has 0 atom stereocenters. The van der Waals surface area contributed by atoms with Gasteiger partial charge in [-0.25, -0.2) is 4.98 Å². The van der Waals surface area contributed by atoms with Gasteiger partial charge >= 0.3 is 6.61 Å². The van der Waals surface area contributed by atoms with Gasteiger partial charge in [-0.3, -0.25) is 4.79 Å². The maximum absolute atomic E-state index is 12.8. The fraction of sp³-hybridized carbons (Fsp3) is 0.368. The molecule has 3 rings (SSSR count). The standard InChI is InChI=1S/C19H21F2N3O3/c1-26-15-9-5-7-13(16(15)27-19(20)21)18(25)23-14-8-6-10-22-17(14)24-11-3-2-4-12-24/h5-10,19H,2-4,11-12H2,1H3,(H,23,25). The average molecular weight is 377 g/mol. The number of para-hydroxylation sites is 1. The molecule has 1 saturated heterocycles. The van der Waals surface area contributed by atoms with E-state index in [4.69, 9.17) is 4.74 Å². The summed E-state index contributed by atoms with van der Waals surface area (Å²) in [6.45, 7) is -1.35. The lowest BCUT2D eigenvalue weighted by Crippen LogP contribution is -2.31. The maximum Gasteiger partial charge on any atom is 0.387 e. The Balaban J connectivity index is 1.88. The van der Waals surface area contributed by atoms with Crippen molar-refractivity contribution in [1.82, 2.24) is 4.98 Å². The van der Waals surface area contributed by atoms with E-state index in [0.717, 1.165) is 25.9 Å². The number of hydrogen-bond donors (Lipinski definition) is 1. The number of nitrogens with one attached hydrogen (secondary N) is 1. The number of nitrogens with zero attached hydrogens (tertiary/aromatic N) is 2. The predicted octanol–water partition coefficient (Wildman–Crippen LogP) is 3.93. The minimum Gasteiger partial charge on any atom is -0.493 e. The van der Waals surface area contributed by atoms with Crippen LogP contribution in [0.1, 0.15) is 29.6 Å². The Morgan fingerprint density at radius 3 is 2.67 bits per heavy atom. The van der Waals surface area contributed by atoms with E-state index >= 15 is 0 Å². The Hall–Kier alpha value is -2.90. The van der Waals surface area contributed by atoms with Gasteiger partial charge in [-0.15, -0.1) is 0 Å². The smallest absolute Gasteiger partial charge is 0.387 e. The molecule has 144 valence electrons. The highest BCUT2D eigenvalue weighted by Gasteiger charge is 2.22. The van der Waals surface area contributed by atoms with Crippen LogP contribution in [0.5, 0.6) is 11.5 Å². The third-order valence-corrected chi connectivity index (χ3v) is 4.34. The molecule has 1 fully saturated rings. The first-order valence-electron chi connectivity index (χ1n) is 8.73. The highest BCUT2D eigenvalue weighted by atomic mass is 19.3. The second-order valence-electron chi connectivity index (χ2n) is 6.09. The number of anilines is 2. The topological polar surface area (TPSA) is 63.7 Å². The van der Waals surface area contributed by atoms with Gasteiger partial charge in [0, 0.05) is 19.3 Å². The molecule has 0 unspecified atom stereocenters. The molecule has 2 aromatic rings. The van der Waals surface area contributed by atoms with E-state index in [1.807, 2.05) is 0 Å². The number of benzene rings is 1. The summed E-state index contributed by atoms with van der Waals surface area (Å²) in [6, 6.07) is 7.86. The summed E-state index contributed by atoms with van der Waals surface area (Å²) >= 11 is 0. The number of rotatable bonds is 6. The number of piperidine rings is 1. The number of carbonyl (C=O) groups excluding carboxylic acids is 1. The number of halogens is 2. The predicted molar refractivity (Wildman–Crippen MR) is 97.9 cm³/mol. The molecule has 1 aliphatic rings. The van der Waals surface area contributed by atoms with E-state index in [-0.39, 0.29) is 17.1 Å². The van der Waals surface area contributed by atoms with Crippen molar-refractivity contribution in [3.05, 3.63) is 42.1 Å². The molecule has 1 N–H and O–H groups in total. The molecule has 1 amide bonds. The third kappa shape index (κ3) is 4.45. The molecular formula is C19H21F2N3O3. The zero-order valence-electron chi connectivity index (χ0n) is 15.0. The minimum absolute atomic E-state index is 0.0388. The first-order chi connectivity index (χ1) is 13.1. The normalized spacial score (nSPS) is 14.1. The van der Waals surface area contributed by atoms with Gasteiger partial charge in [0.25, 0.3) is 5.91 Å². The number of ether oxygens (including phenoxy) is 2. The molecular weight excluding hydrogens is 356 g/mol. The highest BCUT2D eigenvalue weighted by Crippen LogP contribution is 2.34. The number of methoxy groups -OCH3 is 1. The van der Waals surface area contributed by atoms with Gasteiger partial charge in [-0.2, -0.15) is 8.78 Å². The fourth-order valence-electron chi connectivity index (χ4n) is 3.11. The Bertz CT molecular complexity index is 796. The SMILES string of the molecule is COc1cccc(C(=O)Nc2cccnc2N2CCCCC2)c1OC(F)F. The molecule has 27 heavy (non-hydrogen) atoms. The maximum atomic E-state index is 12.8. The largest absolute Gasteiger partial charge is 0.493 e. The van der Waals surface area contributed by atoms with Crippen LogP contribution in [0.3, 0.4) is 0 Å². The monoisotopic (exact) mass is 377 g/mol. The van der Waals surface area contributed by atoms with Gasteiger partial charge in [-0.05, 0) is 43.5 Å². The van der Waals surface area contributed by atoms with Crippen LogP contribution < -0.4 is 19.7 Å². The van der Waals surface area contributed by atoms with E-state index < -0.39 is 12.5 Å². The van der Waals surface area contributed by atoms with Crippen LogP contribution in [-0.4, -0.2) is 37.7 Å². The van der Waals surface area contributed by atoms with Crippen LogP contribution in [-0.2, 0) is 0 Å². The molecule has 2 heterocycles. The lowest BCUT2D eigenvalue weighted by molar-refractivity contribution is -0.0515. The number of amides is 1. The zero-order chi connectivity index (χ0) is 19.2. The summed E-state index contributed by atoms with van der Waals surface area (Å²) in [5.41, 5.74) is 0.485. The Morgan fingerprint density at radius 1 is 1.19 bits per heavy atom. The van der Waals surface area contributed by atoms with Crippen LogP contribution in [0.2, 0.25) is 0 Å². The molecule has 6 nitrogen and oxygen atoms in total. The summed E-state index contributed by atoms with van der Waals surface area (Å²) in [4.78, 5) is 19.3. The Morgan fingerprint density at radius 2 is 1.96 bits per heavy atom. The van der Waals surface area contributed by atoms with E-state index in [1.165, 1.54) is 25.7 Å². The van der Waals surface area contributed by atoms with E-state index in [0.29, 0.717) is 11.5 Å². The van der Waals surface area contributed by atoms with Crippen molar-refractivity contribution in [2.75, 3.05) is 30.4 Å². The molecule has 0 aliphatic carbocycles. The van der Waals surface area contributed by atoms with Gasteiger partial charge in [0.05, 0.1) is 18.4 Å². The molecule has 1 aromatic carbocycles. The van der Waals surface area contributed by atoms with Gasteiger partial charge in [0.2, 0.25) is 0 Å². The van der Waals surface area contributed by atoms with Crippen molar-refractivity contribution >= 4 is 17.4 Å². The number of carbonyl (C=O) groups is 1. The molecule has 0 spiro atoms. The minimum atomic E-state index is -3.07. The molecule has 1 aromatic heterocycles. The van der Waals surface area contributed by atoms with Crippen molar-refractivity contribution < 1.29 is 23.0 Å². The lowest BCUT2D eigenvalue weighted by Gasteiger charge is -2.29. The van der Waals surface area contributed by atoms with Crippen molar-refractivity contribution in [2.24, 2.45) is 0 Å². The summed E-state index contributed by atoms with van der Waals surface area (Å²) in [6.07, 6.45) is 4.96. The molecule has 0 saturated carbocycles. The third-order valence-electron chi connectivity index (χ3n) is 4.34. The number of aromatic nitrogens is 1. The molecule has 8 heteroatoms. The van der Waals surface area contributed by atoms with E-state index in [9.17, 15) is 13.6 Å². The summed E-state index contributed by atoms with van der Waals surface area (Å²) < 4.78 is 35.2. The Kier molecular flexibility index (Phi) is 6.05. The summed E-state index contributed by atoms with van der Waals surface area (Å²) in [5, 5.41) is 2.77. The Labute approximate surface area is 156 Å². The summed E-state index contributed by atoms with van der Waals surface area (Å²) in [7, 11) is 1.32. The van der Waals surface area contributed by atoms with E-state index in [2.05, 4.69) is 19.9 Å². The number of pyridine rings is 1. The van der Waals surface area contributed by atoms with Crippen LogP contribution in [0.25, 0.3) is 0 Å². The van der Waals surface area contributed by atoms with E-state index in [1.54, 1.807) is 24.4 Å². The number of alkyl halides is 2. The van der Waals surface area contributed by atoms with Crippen LogP contribution in [0.15, 0.2) is 36.5 Å². The van der Waals surface area contributed by atoms with Crippen molar-refractivity contribution in [2.45, 2.75) is 25.9 Å². The first-order valence-corrected chi connectivity index (χ1v) is 8.73. The molecule has 1 aliphatic heterocycles. The van der Waals surface area contributed by atoms with Crippen LogP contribution in [0, 0.1) is 0 Å². The first kappa shape index (κ1) is 18.9. The van der Waals surface area contributed by atoms with Gasteiger partial charge in [-0.1, -0.05) is 6.07 Å². The quantitative estimate of drug-likeness (QED) is 0.826. The zero-order valence-corrected chi connectivity index (χ0v) is 15.0. The molecule has 0 bridgehead atoms. The fourth-order valence-corrected chi connectivity index (χ4v) is 3.11. The second kappa shape index (κ2) is 8.66. The van der Waals surface area contributed by atoms with Crippen molar-refractivity contribution in [3.8, 4) is 11.5 Å². The van der Waals surface area contributed by atoms with Crippen LogP contribution in [0.4, 0.5) is 20.3 Å². The summed E-state index contributed by atoms with van der Waals surface area (Å²) in [5.74, 6) is -0.137. The number of hydrogen-bond acceptors (Lipinski definition) is 5. The van der Waals surface area contributed by atoms with Crippen molar-refractivity contribution in [1.29, 1.82) is 0 Å². The van der Waals surface area contributed by atoms with Gasteiger partial charge < -0.3 is 19.7 Å². The molecule has 0 radical (unpaired) electrons. The lowest BCUT2D eigenvalue weighted by atomic mass is 10.1. The van der Waals surface area contributed by atoms with Crippen molar-refractivity contribution in [3.63, 3.8) is 0 Å².